The summed E-state index contributed by atoms with van der Waals surface area (Å²) in [6, 6.07) is 9.94. The third kappa shape index (κ3) is 3.06. The van der Waals surface area contributed by atoms with E-state index in [1.54, 1.807) is 11.8 Å². The van der Waals surface area contributed by atoms with Gasteiger partial charge in [-0.3, -0.25) is 9.59 Å². The molecule has 5 heteroatoms. The fourth-order valence-electron chi connectivity index (χ4n) is 3.65. The average Bonchev–Trinajstić information content (AvgIpc) is 3.09. The molecule has 2 saturated heterocycles. The van der Waals surface area contributed by atoms with Gasteiger partial charge in [0.05, 0.1) is 4.87 Å². The van der Waals surface area contributed by atoms with E-state index < -0.39 is 0 Å². The summed E-state index contributed by atoms with van der Waals surface area (Å²) in [5, 5.41) is 0. The second-order valence-electron chi connectivity index (χ2n) is 6.97. The summed E-state index contributed by atoms with van der Waals surface area (Å²) in [4.78, 5) is 29.3. The lowest BCUT2D eigenvalue weighted by atomic mass is 10.1. The molecule has 2 fully saturated rings. The van der Waals surface area contributed by atoms with Gasteiger partial charge in [-0.05, 0) is 32.3 Å². The van der Waals surface area contributed by atoms with Crippen LogP contribution >= 0.6 is 11.8 Å². The Balaban J connectivity index is 1.82. The van der Waals surface area contributed by atoms with Crippen LogP contribution in [0, 0.1) is 0 Å². The van der Waals surface area contributed by atoms with Crippen molar-refractivity contribution >= 4 is 23.6 Å². The van der Waals surface area contributed by atoms with Crippen molar-refractivity contribution in [1.29, 1.82) is 0 Å². The molecule has 0 aliphatic carbocycles. The van der Waals surface area contributed by atoms with Crippen LogP contribution in [0.5, 0.6) is 0 Å². The van der Waals surface area contributed by atoms with Gasteiger partial charge in [-0.25, -0.2) is 0 Å². The Morgan fingerprint density at radius 1 is 1.42 bits per heavy atom. The highest BCUT2D eigenvalue weighted by molar-refractivity contribution is 8.01. The number of hydrogen-bond donors (Lipinski definition) is 0. The number of nitrogens with zero attached hydrogens (tertiary/aromatic N) is 2. The van der Waals surface area contributed by atoms with Crippen LogP contribution in [0.3, 0.4) is 0 Å². The van der Waals surface area contributed by atoms with Crippen LogP contribution in [0.1, 0.15) is 45.6 Å². The van der Waals surface area contributed by atoms with E-state index in [4.69, 9.17) is 0 Å². The van der Waals surface area contributed by atoms with Gasteiger partial charge in [0.2, 0.25) is 11.8 Å². The van der Waals surface area contributed by atoms with Crippen molar-refractivity contribution in [2.24, 2.45) is 0 Å². The standard InChI is InChI=1S/C19H26N2O2S/c1-4-14(2)20(12-15-8-6-5-7-9-15)18(23)16-13-24-19(3)11-10-17(22)21(16)19/h5-9,14,16H,4,10-13H2,1-3H3. The summed E-state index contributed by atoms with van der Waals surface area (Å²) in [6.07, 6.45) is 2.32. The molecule has 0 bridgehead atoms. The quantitative estimate of drug-likeness (QED) is 0.822. The van der Waals surface area contributed by atoms with Gasteiger partial charge < -0.3 is 9.80 Å². The van der Waals surface area contributed by atoms with Crippen LogP contribution in [0.4, 0.5) is 0 Å². The molecule has 3 unspecified atom stereocenters. The van der Waals surface area contributed by atoms with Crippen molar-refractivity contribution in [2.75, 3.05) is 5.75 Å². The largest absolute Gasteiger partial charge is 0.334 e. The maximum Gasteiger partial charge on any atom is 0.246 e. The monoisotopic (exact) mass is 346 g/mol. The van der Waals surface area contributed by atoms with Gasteiger partial charge in [0, 0.05) is 24.8 Å². The molecule has 3 atom stereocenters. The molecule has 2 aliphatic rings. The number of fused-ring (bicyclic) bond motifs is 1. The molecule has 2 amide bonds. The van der Waals surface area contributed by atoms with E-state index in [0.29, 0.717) is 18.7 Å². The van der Waals surface area contributed by atoms with Gasteiger partial charge in [-0.15, -0.1) is 11.8 Å². The van der Waals surface area contributed by atoms with E-state index >= 15 is 0 Å². The normalized spacial score (nSPS) is 27.2. The SMILES string of the molecule is CCC(C)N(Cc1ccccc1)C(=O)C1CSC2(C)CCC(=O)N12. The molecule has 0 aromatic heterocycles. The second kappa shape index (κ2) is 6.79. The minimum absolute atomic E-state index is 0.0969. The first kappa shape index (κ1) is 17.3. The van der Waals surface area contributed by atoms with Crippen molar-refractivity contribution in [3.05, 3.63) is 35.9 Å². The summed E-state index contributed by atoms with van der Waals surface area (Å²) in [7, 11) is 0. The summed E-state index contributed by atoms with van der Waals surface area (Å²) in [5.41, 5.74) is 1.13. The highest BCUT2D eigenvalue weighted by atomic mass is 32.2. The molecule has 2 aliphatic heterocycles. The number of carbonyl (C=O) groups is 2. The Morgan fingerprint density at radius 2 is 2.12 bits per heavy atom. The minimum atomic E-state index is -0.312. The summed E-state index contributed by atoms with van der Waals surface area (Å²) < 4.78 is 0. The van der Waals surface area contributed by atoms with E-state index in [-0.39, 0.29) is 28.8 Å². The van der Waals surface area contributed by atoms with E-state index in [1.165, 1.54) is 0 Å². The Morgan fingerprint density at radius 3 is 2.79 bits per heavy atom. The first-order chi connectivity index (χ1) is 11.5. The van der Waals surface area contributed by atoms with Gasteiger partial charge in [0.15, 0.2) is 0 Å². The average molecular weight is 346 g/mol. The predicted molar refractivity (Wildman–Crippen MR) is 97.5 cm³/mol. The van der Waals surface area contributed by atoms with Crippen molar-refractivity contribution in [1.82, 2.24) is 9.80 Å². The first-order valence-corrected chi connectivity index (χ1v) is 9.75. The second-order valence-corrected chi connectivity index (χ2v) is 8.48. The molecule has 24 heavy (non-hydrogen) atoms. The van der Waals surface area contributed by atoms with Gasteiger partial charge >= 0.3 is 0 Å². The van der Waals surface area contributed by atoms with Crippen LogP contribution < -0.4 is 0 Å². The molecule has 1 aromatic carbocycles. The molecule has 0 saturated carbocycles. The van der Waals surface area contributed by atoms with Crippen LogP contribution in [-0.4, -0.2) is 44.3 Å². The van der Waals surface area contributed by atoms with E-state index in [9.17, 15) is 9.59 Å². The molecule has 0 radical (unpaired) electrons. The van der Waals surface area contributed by atoms with Gasteiger partial charge in [0.25, 0.3) is 0 Å². The highest BCUT2D eigenvalue weighted by Gasteiger charge is 2.53. The lowest BCUT2D eigenvalue weighted by Gasteiger charge is -2.35. The third-order valence-corrected chi connectivity index (χ3v) is 6.84. The smallest absolute Gasteiger partial charge is 0.246 e. The van der Waals surface area contributed by atoms with Crippen molar-refractivity contribution in [3.8, 4) is 0 Å². The number of benzene rings is 1. The molecule has 3 rings (SSSR count). The number of rotatable bonds is 5. The third-order valence-electron chi connectivity index (χ3n) is 5.33. The maximum absolute atomic E-state index is 13.3. The van der Waals surface area contributed by atoms with E-state index in [2.05, 4.69) is 32.9 Å². The molecule has 0 N–H and O–H groups in total. The van der Waals surface area contributed by atoms with Gasteiger partial charge in [-0.2, -0.15) is 0 Å². The van der Waals surface area contributed by atoms with Crippen molar-refractivity contribution < 1.29 is 9.59 Å². The Hall–Kier alpha value is -1.49. The number of amides is 2. The fourth-order valence-corrected chi connectivity index (χ4v) is 5.07. The zero-order chi connectivity index (χ0) is 17.3. The number of hydrogen-bond acceptors (Lipinski definition) is 3. The van der Waals surface area contributed by atoms with Crippen molar-refractivity contribution in [2.45, 2.75) is 63.5 Å². The predicted octanol–water partition coefficient (Wildman–Crippen LogP) is 3.27. The number of carbonyl (C=O) groups excluding carboxylic acids is 2. The lowest BCUT2D eigenvalue weighted by molar-refractivity contribution is -0.145. The van der Waals surface area contributed by atoms with E-state index in [1.807, 2.05) is 28.0 Å². The Labute approximate surface area is 148 Å². The van der Waals surface area contributed by atoms with E-state index in [0.717, 1.165) is 18.4 Å². The minimum Gasteiger partial charge on any atom is -0.334 e. The summed E-state index contributed by atoms with van der Waals surface area (Å²) in [5.74, 6) is 0.937. The Kier molecular flexibility index (Phi) is 4.90. The fraction of sp³-hybridized carbons (Fsp3) is 0.579. The maximum atomic E-state index is 13.3. The lowest BCUT2D eigenvalue weighted by Crippen LogP contribution is -2.53. The Bertz CT molecular complexity index is 621. The molecule has 130 valence electrons. The highest BCUT2D eigenvalue weighted by Crippen LogP contribution is 2.47. The zero-order valence-electron chi connectivity index (χ0n) is 14.7. The molecular weight excluding hydrogens is 320 g/mol. The molecular formula is C19H26N2O2S. The molecule has 2 heterocycles. The van der Waals surface area contributed by atoms with Crippen LogP contribution in [0.25, 0.3) is 0 Å². The number of thioether (sulfide) groups is 1. The molecule has 1 aromatic rings. The first-order valence-electron chi connectivity index (χ1n) is 8.77. The van der Waals surface area contributed by atoms with Gasteiger partial charge in [-0.1, -0.05) is 37.3 Å². The van der Waals surface area contributed by atoms with Gasteiger partial charge in [0.1, 0.15) is 6.04 Å². The summed E-state index contributed by atoms with van der Waals surface area (Å²) in [6.45, 7) is 6.90. The van der Waals surface area contributed by atoms with Crippen LogP contribution in [0.15, 0.2) is 30.3 Å². The van der Waals surface area contributed by atoms with Crippen molar-refractivity contribution in [3.63, 3.8) is 0 Å². The summed E-state index contributed by atoms with van der Waals surface area (Å²) >= 11 is 1.76. The zero-order valence-corrected chi connectivity index (χ0v) is 15.5. The molecule has 4 nitrogen and oxygen atoms in total. The van der Waals surface area contributed by atoms with Crippen LogP contribution in [0.2, 0.25) is 0 Å². The topological polar surface area (TPSA) is 40.6 Å². The molecule has 0 spiro atoms. The van der Waals surface area contributed by atoms with Crippen LogP contribution in [-0.2, 0) is 16.1 Å².